The number of hydrogen-bond donors (Lipinski definition) is 2. The molecule has 1 amide bonds. The molecule has 1 heterocycles. The number of aryl methyl sites for hydroxylation is 1. The van der Waals surface area contributed by atoms with Crippen molar-refractivity contribution in [1.29, 1.82) is 0 Å². The first kappa shape index (κ1) is 15.6. The van der Waals surface area contributed by atoms with E-state index in [0.29, 0.717) is 5.82 Å². The van der Waals surface area contributed by atoms with Gasteiger partial charge in [-0.2, -0.15) is 5.10 Å². The molecule has 21 heavy (non-hydrogen) atoms. The summed E-state index contributed by atoms with van der Waals surface area (Å²) in [7, 11) is 0. The van der Waals surface area contributed by atoms with E-state index in [1.807, 2.05) is 52.0 Å². The number of nitrogens with one attached hydrogen (secondary N) is 2. The Morgan fingerprint density at radius 1 is 1.29 bits per heavy atom. The van der Waals surface area contributed by atoms with Crippen molar-refractivity contribution in [2.24, 2.45) is 0 Å². The van der Waals surface area contributed by atoms with Gasteiger partial charge in [0.05, 0.1) is 0 Å². The predicted octanol–water partition coefficient (Wildman–Crippen LogP) is 4.49. The highest BCUT2D eigenvalue weighted by atomic mass is 79.9. The molecule has 2 rings (SSSR count). The molecule has 0 fully saturated rings. The third-order valence-electron chi connectivity index (χ3n) is 2.70. The number of amides is 1. The van der Waals surface area contributed by atoms with Gasteiger partial charge in [0, 0.05) is 15.7 Å². The SMILES string of the molecule is Cc1[nH]nc(NC(=O)OC(C)(C)C)c1-c1ccc(Br)cc1. The Balaban J connectivity index is 2.26. The second-order valence-electron chi connectivity index (χ2n) is 5.71. The fraction of sp³-hybridized carbons (Fsp3) is 0.333. The van der Waals surface area contributed by atoms with Gasteiger partial charge in [0.15, 0.2) is 5.82 Å². The number of hydrogen-bond acceptors (Lipinski definition) is 3. The van der Waals surface area contributed by atoms with Crippen molar-refractivity contribution in [1.82, 2.24) is 10.2 Å². The third-order valence-corrected chi connectivity index (χ3v) is 3.23. The minimum atomic E-state index is -0.548. The van der Waals surface area contributed by atoms with Crippen LogP contribution in [0, 0.1) is 6.92 Å². The van der Waals surface area contributed by atoms with Crippen LogP contribution in [0.2, 0.25) is 0 Å². The molecule has 0 spiro atoms. The number of carbonyl (C=O) groups is 1. The minimum absolute atomic E-state index is 0.462. The van der Waals surface area contributed by atoms with Gasteiger partial charge in [-0.3, -0.25) is 10.4 Å². The number of rotatable bonds is 2. The smallest absolute Gasteiger partial charge is 0.413 e. The molecule has 0 saturated carbocycles. The van der Waals surface area contributed by atoms with Crippen molar-refractivity contribution in [2.75, 3.05) is 5.32 Å². The van der Waals surface area contributed by atoms with Crippen molar-refractivity contribution in [3.05, 3.63) is 34.4 Å². The standard InChI is InChI=1S/C15H18BrN3O2/c1-9-12(10-5-7-11(16)8-6-10)13(19-18-9)17-14(20)21-15(2,3)4/h5-8H,1-4H3,(H2,17,18,19,20). The van der Waals surface area contributed by atoms with Crippen molar-refractivity contribution in [3.63, 3.8) is 0 Å². The zero-order valence-electron chi connectivity index (χ0n) is 12.5. The molecule has 6 heteroatoms. The Morgan fingerprint density at radius 2 is 1.90 bits per heavy atom. The average molecular weight is 352 g/mol. The molecule has 0 radical (unpaired) electrons. The molecule has 1 aromatic heterocycles. The van der Waals surface area contributed by atoms with E-state index in [1.54, 1.807) is 0 Å². The van der Waals surface area contributed by atoms with Crippen LogP contribution < -0.4 is 5.32 Å². The molecule has 0 aliphatic rings. The molecule has 0 aliphatic carbocycles. The van der Waals surface area contributed by atoms with Gasteiger partial charge >= 0.3 is 6.09 Å². The third kappa shape index (κ3) is 4.07. The molecule has 0 unspecified atom stereocenters. The van der Waals surface area contributed by atoms with Crippen LogP contribution in [0.3, 0.4) is 0 Å². The average Bonchev–Trinajstić information content (AvgIpc) is 2.69. The maximum Gasteiger partial charge on any atom is 0.413 e. The summed E-state index contributed by atoms with van der Waals surface area (Å²) in [5.41, 5.74) is 2.15. The summed E-state index contributed by atoms with van der Waals surface area (Å²) in [5, 5.41) is 9.71. The van der Waals surface area contributed by atoms with Gasteiger partial charge in [0.1, 0.15) is 5.60 Å². The molecule has 112 valence electrons. The molecular weight excluding hydrogens is 334 g/mol. The number of benzene rings is 1. The van der Waals surface area contributed by atoms with Crippen LogP contribution in [0.5, 0.6) is 0 Å². The highest BCUT2D eigenvalue weighted by Crippen LogP contribution is 2.30. The van der Waals surface area contributed by atoms with Gasteiger partial charge in [-0.05, 0) is 45.4 Å². The lowest BCUT2D eigenvalue weighted by molar-refractivity contribution is 0.0635. The fourth-order valence-corrected chi connectivity index (χ4v) is 2.15. The second-order valence-corrected chi connectivity index (χ2v) is 6.62. The topological polar surface area (TPSA) is 67.0 Å². The number of H-pyrrole nitrogens is 1. The van der Waals surface area contributed by atoms with Crippen molar-refractivity contribution >= 4 is 27.8 Å². The van der Waals surface area contributed by atoms with Crippen LogP contribution in [0.4, 0.5) is 10.6 Å². The molecule has 0 bridgehead atoms. The van der Waals surface area contributed by atoms with E-state index in [9.17, 15) is 4.79 Å². The summed E-state index contributed by atoms with van der Waals surface area (Å²) in [6.07, 6.45) is -0.521. The molecule has 0 atom stereocenters. The Hall–Kier alpha value is -1.82. The summed E-state index contributed by atoms with van der Waals surface area (Å²) in [4.78, 5) is 11.9. The quantitative estimate of drug-likeness (QED) is 0.837. The van der Waals surface area contributed by atoms with Gasteiger partial charge in [0.25, 0.3) is 0 Å². The zero-order chi connectivity index (χ0) is 15.6. The number of aromatic amines is 1. The summed E-state index contributed by atoms with van der Waals surface area (Å²) < 4.78 is 6.24. The van der Waals surface area contributed by atoms with Gasteiger partial charge in [0.2, 0.25) is 0 Å². The number of carbonyl (C=O) groups excluding carboxylic acids is 1. The molecule has 2 aromatic rings. The molecule has 0 aliphatic heterocycles. The summed E-state index contributed by atoms with van der Waals surface area (Å²) in [5.74, 6) is 0.462. The lowest BCUT2D eigenvalue weighted by Gasteiger charge is -2.19. The number of nitrogens with zero attached hydrogens (tertiary/aromatic N) is 1. The van der Waals surface area contributed by atoms with Crippen molar-refractivity contribution in [3.8, 4) is 11.1 Å². The van der Waals surface area contributed by atoms with Crippen LogP contribution in [0.25, 0.3) is 11.1 Å². The van der Waals surface area contributed by atoms with Crippen LogP contribution in [-0.4, -0.2) is 21.9 Å². The van der Waals surface area contributed by atoms with E-state index in [4.69, 9.17) is 4.74 Å². The predicted molar refractivity (Wildman–Crippen MR) is 86.3 cm³/mol. The molecule has 0 saturated heterocycles. The first-order chi connectivity index (χ1) is 9.76. The van der Waals surface area contributed by atoms with Crippen LogP contribution >= 0.6 is 15.9 Å². The lowest BCUT2D eigenvalue weighted by atomic mass is 10.1. The molecule has 2 N–H and O–H groups in total. The number of halogens is 1. The monoisotopic (exact) mass is 351 g/mol. The highest BCUT2D eigenvalue weighted by molar-refractivity contribution is 9.10. The molecular formula is C15H18BrN3O2. The van der Waals surface area contributed by atoms with Gasteiger partial charge in [-0.25, -0.2) is 4.79 Å². The van der Waals surface area contributed by atoms with Crippen molar-refractivity contribution < 1.29 is 9.53 Å². The minimum Gasteiger partial charge on any atom is -0.444 e. The van der Waals surface area contributed by atoms with Gasteiger partial charge < -0.3 is 4.74 Å². The van der Waals surface area contributed by atoms with E-state index in [-0.39, 0.29) is 0 Å². The maximum atomic E-state index is 11.9. The maximum absolute atomic E-state index is 11.9. The van der Waals surface area contributed by atoms with E-state index in [0.717, 1.165) is 21.3 Å². The Morgan fingerprint density at radius 3 is 2.48 bits per heavy atom. The van der Waals surface area contributed by atoms with E-state index in [1.165, 1.54) is 0 Å². The van der Waals surface area contributed by atoms with Crippen LogP contribution in [0.15, 0.2) is 28.7 Å². The zero-order valence-corrected chi connectivity index (χ0v) is 14.0. The summed E-state index contributed by atoms with van der Waals surface area (Å²) >= 11 is 3.41. The van der Waals surface area contributed by atoms with E-state index < -0.39 is 11.7 Å². The summed E-state index contributed by atoms with van der Waals surface area (Å²) in [6.45, 7) is 7.36. The normalized spacial score (nSPS) is 11.3. The molecule has 1 aromatic carbocycles. The van der Waals surface area contributed by atoms with E-state index in [2.05, 4.69) is 31.4 Å². The van der Waals surface area contributed by atoms with Crippen LogP contribution in [-0.2, 0) is 4.74 Å². The Bertz CT molecular complexity index is 642. The van der Waals surface area contributed by atoms with Crippen molar-refractivity contribution in [2.45, 2.75) is 33.3 Å². The summed E-state index contributed by atoms with van der Waals surface area (Å²) in [6, 6.07) is 7.81. The van der Waals surface area contributed by atoms with Crippen LogP contribution in [0.1, 0.15) is 26.5 Å². The highest BCUT2D eigenvalue weighted by Gasteiger charge is 2.20. The van der Waals surface area contributed by atoms with Gasteiger partial charge in [-0.15, -0.1) is 0 Å². The van der Waals surface area contributed by atoms with Gasteiger partial charge in [-0.1, -0.05) is 28.1 Å². The Labute approximate surface area is 132 Å². The number of aromatic nitrogens is 2. The number of anilines is 1. The first-order valence-corrected chi connectivity index (χ1v) is 7.36. The molecule has 5 nitrogen and oxygen atoms in total. The largest absolute Gasteiger partial charge is 0.444 e. The first-order valence-electron chi connectivity index (χ1n) is 6.57. The lowest BCUT2D eigenvalue weighted by Crippen LogP contribution is -2.27. The second kappa shape index (κ2) is 5.89. The number of ether oxygens (including phenoxy) is 1. The van der Waals surface area contributed by atoms with E-state index >= 15 is 0 Å². The fourth-order valence-electron chi connectivity index (χ4n) is 1.89. The Kier molecular flexibility index (Phi) is 4.37.